The number of hydrogen-bond acceptors (Lipinski definition) is 4. The number of rotatable bonds is 2. The zero-order valence-corrected chi connectivity index (χ0v) is 13.5. The van der Waals surface area contributed by atoms with Crippen LogP contribution >= 0.6 is 0 Å². The normalized spacial score (nSPS) is 22.2. The number of pyridine rings is 1. The molecule has 0 saturated carbocycles. The summed E-state index contributed by atoms with van der Waals surface area (Å²) in [5, 5.41) is 13.0. The van der Waals surface area contributed by atoms with Gasteiger partial charge in [0.1, 0.15) is 5.82 Å². The van der Waals surface area contributed by atoms with Crippen LogP contribution in [-0.2, 0) is 0 Å². The van der Waals surface area contributed by atoms with Crippen molar-refractivity contribution in [1.82, 2.24) is 15.2 Å². The molecule has 2 heterocycles. The van der Waals surface area contributed by atoms with Crippen LogP contribution in [0.5, 0.6) is 0 Å². The number of aromatic nitrogens is 1. The quantitative estimate of drug-likeness (QED) is 0.859. The Morgan fingerprint density at radius 3 is 2.41 bits per heavy atom. The molecule has 2 N–H and O–H groups in total. The van der Waals surface area contributed by atoms with Crippen molar-refractivity contribution in [2.45, 2.75) is 45.5 Å². The Morgan fingerprint density at radius 1 is 1.36 bits per heavy atom. The first-order valence-electron chi connectivity index (χ1n) is 7.14. The molecule has 1 saturated heterocycles. The first kappa shape index (κ1) is 16.2. The van der Waals surface area contributed by atoms with Crippen molar-refractivity contribution in [3.63, 3.8) is 0 Å². The first-order valence-corrected chi connectivity index (χ1v) is 7.14. The second-order valence-electron chi connectivity index (χ2n) is 6.53. The Bertz CT molecular complexity index is 579. The lowest BCUT2D eigenvalue weighted by Gasteiger charge is -2.21. The highest BCUT2D eigenvalue weighted by molar-refractivity contribution is 5.96. The van der Waals surface area contributed by atoms with Gasteiger partial charge in [-0.05, 0) is 39.8 Å². The summed E-state index contributed by atoms with van der Waals surface area (Å²) in [6, 6.07) is 2.51. The van der Waals surface area contributed by atoms with Gasteiger partial charge in [-0.3, -0.25) is 4.79 Å². The van der Waals surface area contributed by atoms with E-state index in [1.165, 1.54) is 16.0 Å². The number of urea groups is 1. The highest BCUT2D eigenvalue weighted by atomic mass is 16.3. The number of aliphatic hydroxyl groups excluding tert-OH is 1. The third-order valence-corrected chi connectivity index (χ3v) is 3.56. The van der Waals surface area contributed by atoms with Crippen LogP contribution in [0.1, 0.15) is 38.1 Å². The van der Waals surface area contributed by atoms with Crippen molar-refractivity contribution >= 4 is 17.8 Å². The van der Waals surface area contributed by atoms with Crippen molar-refractivity contribution in [2.75, 3.05) is 11.9 Å². The highest BCUT2D eigenvalue weighted by Gasteiger charge is 2.41. The fraction of sp³-hybridized carbons (Fsp3) is 0.533. The maximum atomic E-state index is 12.1. The molecule has 7 heteroatoms. The van der Waals surface area contributed by atoms with E-state index < -0.39 is 6.23 Å². The molecule has 0 bridgehead atoms. The number of nitrogens with one attached hydrogen (secondary N) is 1. The molecule has 2 unspecified atom stereocenters. The van der Waals surface area contributed by atoms with E-state index in [1.54, 1.807) is 26.1 Å². The van der Waals surface area contributed by atoms with Gasteiger partial charge in [0.2, 0.25) is 0 Å². The van der Waals surface area contributed by atoms with E-state index in [2.05, 4.69) is 10.3 Å². The molecule has 1 fully saturated rings. The van der Waals surface area contributed by atoms with E-state index in [1.807, 2.05) is 20.8 Å². The van der Waals surface area contributed by atoms with Crippen molar-refractivity contribution in [3.8, 4) is 0 Å². The summed E-state index contributed by atoms with van der Waals surface area (Å²) in [7, 11) is 1.63. The van der Waals surface area contributed by atoms with Gasteiger partial charge < -0.3 is 15.3 Å². The zero-order chi connectivity index (χ0) is 16.7. The molecule has 1 aromatic rings. The molecular weight excluding hydrogens is 284 g/mol. The molecule has 7 nitrogen and oxygen atoms in total. The molecular formula is C15H22N4O3. The summed E-state index contributed by atoms with van der Waals surface area (Å²) < 4.78 is 0. The Kier molecular flexibility index (Phi) is 4.10. The third-order valence-electron chi connectivity index (χ3n) is 3.56. The van der Waals surface area contributed by atoms with Gasteiger partial charge in [0.05, 0.1) is 11.6 Å². The Morgan fingerprint density at radius 2 is 2.00 bits per heavy atom. The molecule has 2 atom stereocenters. The first-order chi connectivity index (χ1) is 10.1. The van der Waals surface area contributed by atoms with Gasteiger partial charge in [-0.2, -0.15) is 0 Å². The van der Waals surface area contributed by atoms with Crippen LogP contribution in [0.2, 0.25) is 0 Å². The Hall–Kier alpha value is -2.15. The molecule has 0 aliphatic carbocycles. The standard InChI is InChI=1S/C15H22N4O3/c1-9-13(21)19(14(22)18(9)5)11-7-6-10(8-16-11)12(20)17-15(2,3)4/h6-9,13,21H,1-5H3,(H,17,20). The van der Waals surface area contributed by atoms with E-state index >= 15 is 0 Å². The van der Waals surface area contributed by atoms with Gasteiger partial charge >= 0.3 is 6.03 Å². The van der Waals surface area contributed by atoms with Crippen molar-refractivity contribution in [1.29, 1.82) is 0 Å². The van der Waals surface area contributed by atoms with Crippen LogP contribution in [0, 0.1) is 0 Å². The summed E-state index contributed by atoms with van der Waals surface area (Å²) >= 11 is 0. The minimum atomic E-state index is -0.959. The fourth-order valence-electron chi connectivity index (χ4n) is 2.18. The SMILES string of the molecule is CC1C(O)N(c2ccc(C(=O)NC(C)(C)C)cn2)C(=O)N1C. The lowest BCUT2D eigenvalue weighted by atomic mass is 10.1. The predicted molar refractivity (Wildman–Crippen MR) is 82.6 cm³/mol. The number of likely N-dealkylation sites (N-methyl/N-ethyl adjacent to an activating group) is 1. The van der Waals surface area contributed by atoms with Crippen molar-refractivity contribution < 1.29 is 14.7 Å². The third kappa shape index (κ3) is 3.04. The molecule has 3 amide bonds. The maximum Gasteiger partial charge on any atom is 0.328 e. The second kappa shape index (κ2) is 5.57. The Balaban J connectivity index is 2.19. The molecule has 1 aliphatic heterocycles. The molecule has 120 valence electrons. The van der Waals surface area contributed by atoms with Crippen molar-refractivity contribution in [2.24, 2.45) is 0 Å². The number of carbonyl (C=O) groups is 2. The average molecular weight is 306 g/mol. The molecule has 0 spiro atoms. The second-order valence-corrected chi connectivity index (χ2v) is 6.53. The highest BCUT2D eigenvalue weighted by Crippen LogP contribution is 2.25. The summed E-state index contributed by atoms with van der Waals surface area (Å²) in [5.41, 5.74) is 0.0656. The molecule has 1 aliphatic rings. The summed E-state index contributed by atoms with van der Waals surface area (Å²) in [5.74, 6) is 0.0892. The molecule has 22 heavy (non-hydrogen) atoms. The smallest absolute Gasteiger partial charge is 0.328 e. The molecule has 1 aromatic heterocycles. The number of hydrogen-bond donors (Lipinski definition) is 2. The summed E-state index contributed by atoms with van der Waals surface area (Å²) in [6.45, 7) is 7.43. The maximum absolute atomic E-state index is 12.1. The van der Waals surface area contributed by atoms with Crippen molar-refractivity contribution in [3.05, 3.63) is 23.9 Å². The number of nitrogens with zero attached hydrogens (tertiary/aromatic N) is 3. The van der Waals surface area contributed by atoms with Crippen LogP contribution in [0.4, 0.5) is 10.6 Å². The van der Waals surface area contributed by atoms with Crippen LogP contribution in [0.25, 0.3) is 0 Å². The number of aliphatic hydroxyl groups is 1. The topological polar surface area (TPSA) is 85.8 Å². The minimum absolute atomic E-state index is 0.231. The van der Waals surface area contributed by atoms with E-state index in [-0.39, 0.29) is 23.5 Å². The van der Waals surface area contributed by atoms with Crippen LogP contribution in [0.15, 0.2) is 18.3 Å². The average Bonchev–Trinajstić information content (AvgIpc) is 2.61. The molecule has 2 rings (SSSR count). The van der Waals surface area contributed by atoms with Crippen LogP contribution < -0.4 is 10.2 Å². The van der Waals surface area contributed by atoms with Gasteiger partial charge in [0.15, 0.2) is 6.23 Å². The summed E-state index contributed by atoms with van der Waals surface area (Å²) in [4.78, 5) is 31.0. The number of amides is 3. The zero-order valence-electron chi connectivity index (χ0n) is 13.5. The minimum Gasteiger partial charge on any atom is -0.371 e. The number of carbonyl (C=O) groups excluding carboxylic acids is 2. The van der Waals surface area contributed by atoms with Gasteiger partial charge in [-0.15, -0.1) is 0 Å². The fourth-order valence-corrected chi connectivity index (χ4v) is 2.18. The van der Waals surface area contributed by atoms with Gasteiger partial charge in [-0.25, -0.2) is 14.7 Å². The molecule has 0 radical (unpaired) electrons. The van der Waals surface area contributed by atoms with Crippen LogP contribution in [-0.4, -0.2) is 51.8 Å². The van der Waals surface area contributed by atoms with Gasteiger partial charge in [-0.1, -0.05) is 0 Å². The lowest BCUT2D eigenvalue weighted by Crippen LogP contribution is -2.40. The summed E-state index contributed by atoms with van der Waals surface area (Å²) in [6.07, 6.45) is 0.443. The van der Waals surface area contributed by atoms with Gasteiger partial charge in [0.25, 0.3) is 5.91 Å². The Labute approximate surface area is 129 Å². The number of anilines is 1. The van der Waals surface area contributed by atoms with E-state index in [4.69, 9.17) is 0 Å². The van der Waals surface area contributed by atoms with E-state index in [0.29, 0.717) is 11.4 Å². The largest absolute Gasteiger partial charge is 0.371 e. The van der Waals surface area contributed by atoms with Crippen LogP contribution in [0.3, 0.4) is 0 Å². The lowest BCUT2D eigenvalue weighted by molar-refractivity contribution is 0.0919. The van der Waals surface area contributed by atoms with Gasteiger partial charge in [0, 0.05) is 18.8 Å². The van der Waals surface area contributed by atoms with E-state index in [9.17, 15) is 14.7 Å². The molecule has 0 aromatic carbocycles. The predicted octanol–water partition coefficient (Wildman–Crippen LogP) is 1.19. The van der Waals surface area contributed by atoms with E-state index in [0.717, 1.165) is 0 Å². The monoisotopic (exact) mass is 306 g/mol.